The van der Waals surface area contributed by atoms with E-state index >= 15 is 0 Å². The molecule has 1 nitrogen and oxygen atoms in total. The van der Waals surface area contributed by atoms with Gasteiger partial charge in [0.2, 0.25) is 0 Å². The van der Waals surface area contributed by atoms with E-state index in [-0.39, 0.29) is 5.41 Å². The highest BCUT2D eigenvalue weighted by molar-refractivity contribution is 5.95. The van der Waals surface area contributed by atoms with E-state index in [1.54, 1.807) is 0 Å². The molecule has 0 atom stereocenters. The summed E-state index contributed by atoms with van der Waals surface area (Å²) in [5.41, 5.74) is 2.52. The molecule has 0 heterocycles. The Balaban J connectivity index is 1.49. The Hall–Kier alpha value is -1.63. The Morgan fingerprint density at radius 3 is 2.19 bits per heavy atom. The van der Waals surface area contributed by atoms with Crippen LogP contribution in [0.25, 0.3) is 6.08 Å². The number of rotatable bonds is 8. The number of carbonyl (C=O) groups excluding carboxylic acids is 1. The van der Waals surface area contributed by atoms with E-state index in [2.05, 4.69) is 49.4 Å². The summed E-state index contributed by atoms with van der Waals surface area (Å²) in [5.74, 6) is 2.92. The van der Waals surface area contributed by atoms with Crippen molar-refractivity contribution in [2.45, 2.75) is 71.1 Å². The lowest BCUT2D eigenvalue weighted by Crippen LogP contribution is -2.49. The van der Waals surface area contributed by atoms with Crippen molar-refractivity contribution in [3.05, 3.63) is 53.6 Å². The van der Waals surface area contributed by atoms with Crippen molar-refractivity contribution in [3.63, 3.8) is 0 Å². The van der Waals surface area contributed by atoms with Crippen LogP contribution in [0.2, 0.25) is 0 Å². The normalized spacial score (nSPS) is 32.3. The summed E-state index contributed by atoms with van der Waals surface area (Å²) in [6.07, 6.45) is 18.8. The van der Waals surface area contributed by atoms with Crippen LogP contribution in [0.1, 0.15) is 76.7 Å². The second-order valence-corrected chi connectivity index (χ2v) is 9.48. The zero-order valence-electron chi connectivity index (χ0n) is 16.8. The van der Waals surface area contributed by atoms with Crippen molar-refractivity contribution in [2.75, 3.05) is 0 Å². The largest absolute Gasteiger partial charge is 0.294 e. The average Bonchev–Trinajstić information content (AvgIpc) is 2.65. The van der Waals surface area contributed by atoms with Crippen molar-refractivity contribution < 1.29 is 4.79 Å². The van der Waals surface area contributed by atoms with Crippen LogP contribution in [0.4, 0.5) is 0 Å². The lowest BCUT2D eigenvalue weighted by Gasteiger charge is -2.55. The van der Waals surface area contributed by atoms with Gasteiger partial charge >= 0.3 is 0 Å². The lowest BCUT2D eigenvalue weighted by atomic mass is 9.48. The zero-order valence-corrected chi connectivity index (χ0v) is 16.8. The second-order valence-electron chi connectivity index (χ2n) is 9.48. The fourth-order valence-electron chi connectivity index (χ4n) is 6.32. The summed E-state index contributed by atoms with van der Waals surface area (Å²) in [4.78, 5) is 13.3. The Kier molecular flexibility index (Phi) is 5.66. The summed E-state index contributed by atoms with van der Waals surface area (Å²) in [6, 6.07) is 10.5. The molecule has 0 aromatic heterocycles. The molecule has 4 saturated carbocycles. The SMILES string of the molecule is CCCCCC(=C/c1ccccc1)/C=C/C(=O)C12CC3CC(CC(C3)C1)C2. The molecule has 1 heteroatoms. The fraction of sp³-hybridized carbons (Fsp3) is 0.577. The van der Waals surface area contributed by atoms with Crippen LogP contribution in [-0.4, -0.2) is 5.78 Å². The van der Waals surface area contributed by atoms with Gasteiger partial charge in [-0.2, -0.15) is 0 Å². The molecule has 0 N–H and O–H groups in total. The Bertz CT molecular complexity index is 674. The monoisotopic (exact) mass is 362 g/mol. The average molecular weight is 363 g/mol. The van der Waals surface area contributed by atoms with Crippen LogP contribution >= 0.6 is 0 Å². The number of carbonyl (C=O) groups is 1. The van der Waals surface area contributed by atoms with Gasteiger partial charge in [-0.05, 0) is 86.3 Å². The minimum absolute atomic E-state index is 0.00742. The maximum absolute atomic E-state index is 13.3. The first-order chi connectivity index (χ1) is 13.2. The van der Waals surface area contributed by atoms with E-state index < -0.39 is 0 Å². The number of benzene rings is 1. The van der Waals surface area contributed by atoms with Gasteiger partial charge in [0.1, 0.15) is 0 Å². The van der Waals surface area contributed by atoms with Crippen LogP contribution in [0.3, 0.4) is 0 Å². The third-order valence-electron chi connectivity index (χ3n) is 7.23. The van der Waals surface area contributed by atoms with Crippen molar-refractivity contribution >= 4 is 11.9 Å². The molecule has 0 unspecified atom stereocenters. The van der Waals surface area contributed by atoms with E-state index in [1.165, 1.54) is 49.7 Å². The smallest absolute Gasteiger partial charge is 0.161 e. The first kappa shape index (κ1) is 18.7. The van der Waals surface area contributed by atoms with E-state index in [9.17, 15) is 4.79 Å². The highest BCUT2D eigenvalue weighted by Gasteiger charge is 2.53. The summed E-state index contributed by atoms with van der Waals surface area (Å²) in [5, 5.41) is 0. The second kappa shape index (κ2) is 8.17. The predicted octanol–water partition coefficient (Wildman–Crippen LogP) is 6.99. The Morgan fingerprint density at radius 1 is 0.963 bits per heavy atom. The molecule has 5 rings (SSSR count). The first-order valence-corrected chi connectivity index (χ1v) is 11.1. The van der Waals surface area contributed by atoms with Gasteiger partial charge < -0.3 is 0 Å². The van der Waals surface area contributed by atoms with Crippen molar-refractivity contribution in [1.29, 1.82) is 0 Å². The number of unbranched alkanes of at least 4 members (excludes halogenated alkanes) is 2. The summed E-state index contributed by atoms with van der Waals surface area (Å²) >= 11 is 0. The van der Waals surface area contributed by atoms with Crippen LogP contribution < -0.4 is 0 Å². The molecule has 0 aliphatic heterocycles. The molecule has 144 valence electrons. The number of ketones is 1. The Labute approximate surface area is 164 Å². The zero-order chi connectivity index (χ0) is 18.7. The number of hydrogen-bond acceptors (Lipinski definition) is 1. The van der Waals surface area contributed by atoms with Gasteiger partial charge in [-0.15, -0.1) is 0 Å². The molecule has 27 heavy (non-hydrogen) atoms. The fourth-order valence-corrected chi connectivity index (χ4v) is 6.32. The maximum Gasteiger partial charge on any atom is 0.161 e. The van der Waals surface area contributed by atoms with Gasteiger partial charge in [-0.1, -0.05) is 62.2 Å². The van der Waals surface area contributed by atoms with Crippen molar-refractivity contribution in [3.8, 4) is 0 Å². The van der Waals surface area contributed by atoms with Gasteiger partial charge in [0.05, 0.1) is 0 Å². The molecular weight excluding hydrogens is 328 g/mol. The van der Waals surface area contributed by atoms with E-state index in [0.717, 1.165) is 43.4 Å². The molecule has 4 fully saturated rings. The molecule has 1 aromatic rings. The van der Waals surface area contributed by atoms with Crippen molar-refractivity contribution in [1.82, 2.24) is 0 Å². The van der Waals surface area contributed by atoms with Gasteiger partial charge in [-0.3, -0.25) is 4.79 Å². The molecule has 0 amide bonds. The molecule has 4 aliphatic carbocycles. The molecule has 4 bridgehead atoms. The third kappa shape index (κ3) is 4.28. The first-order valence-electron chi connectivity index (χ1n) is 11.1. The molecule has 0 radical (unpaired) electrons. The third-order valence-corrected chi connectivity index (χ3v) is 7.23. The number of hydrogen-bond donors (Lipinski definition) is 0. The topological polar surface area (TPSA) is 17.1 Å². The van der Waals surface area contributed by atoms with Gasteiger partial charge in [0, 0.05) is 5.41 Å². The van der Waals surface area contributed by atoms with E-state index in [1.807, 2.05) is 6.08 Å². The van der Waals surface area contributed by atoms with Gasteiger partial charge in [0.25, 0.3) is 0 Å². The molecule has 4 aliphatic rings. The molecule has 0 saturated heterocycles. The molecule has 1 aromatic carbocycles. The highest BCUT2D eigenvalue weighted by atomic mass is 16.1. The van der Waals surface area contributed by atoms with E-state index in [4.69, 9.17) is 0 Å². The molecule has 0 spiro atoms. The van der Waals surface area contributed by atoms with Crippen LogP contribution in [0.15, 0.2) is 48.1 Å². The van der Waals surface area contributed by atoms with Crippen LogP contribution in [-0.2, 0) is 4.79 Å². The minimum Gasteiger partial charge on any atom is -0.294 e. The Morgan fingerprint density at radius 2 is 1.59 bits per heavy atom. The summed E-state index contributed by atoms with van der Waals surface area (Å²) in [6.45, 7) is 2.24. The highest BCUT2D eigenvalue weighted by Crippen LogP contribution is 2.60. The number of allylic oxidation sites excluding steroid dienone is 3. The lowest BCUT2D eigenvalue weighted by molar-refractivity contribution is -0.138. The van der Waals surface area contributed by atoms with Gasteiger partial charge in [0.15, 0.2) is 5.78 Å². The molecular formula is C26H34O. The summed E-state index contributed by atoms with van der Waals surface area (Å²) < 4.78 is 0. The van der Waals surface area contributed by atoms with Crippen LogP contribution in [0, 0.1) is 23.2 Å². The van der Waals surface area contributed by atoms with Crippen LogP contribution in [0.5, 0.6) is 0 Å². The standard InChI is InChI=1S/C26H34O/c1-2-3-5-8-21(13-20-9-6-4-7-10-20)11-12-25(27)26-17-22-14-23(18-26)16-24(15-22)19-26/h4,6-7,9-13,22-24H,2-3,5,8,14-19H2,1H3/b12-11+,21-13-. The quantitative estimate of drug-likeness (QED) is 0.277. The predicted molar refractivity (Wildman–Crippen MR) is 113 cm³/mol. The van der Waals surface area contributed by atoms with Gasteiger partial charge in [-0.25, -0.2) is 0 Å². The van der Waals surface area contributed by atoms with E-state index in [0.29, 0.717) is 5.78 Å². The van der Waals surface area contributed by atoms with Crippen molar-refractivity contribution in [2.24, 2.45) is 23.2 Å². The summed E-state index contributed by atoms with van der Waals surface area (Å²) in [7, 11) is 0. The minimum atomic E-state index is -0.00742. The maximum atomic E-state index is 13.3.